The first-order valence-corrected chi connectivity index (χ1v) is 7.01. The fourth-order valence-corrected chi connectivity index (χ4v) is 1.99. The van der Waals surface area contributed by atoms with Gasteiger partial charge in [-0.1, -0.05) is 0 Å². The summed E-state index contributed by atoms with van der Waals surface area (Å²) in [5.74, 6) is 1.25. The first-order chi connectivity index (χ1) is 11.6. The van der Waals surface area contributed by atoms with Crippen molar-refractivity contribution in [3.8, 4) is 23.0 Å². The Kier molecular flexibility index (Phi) is 5.62. The Morgan fingerprint density at radius 3 is 2.12 bits per heavy atom. The number of carbonyl (C=O) groups is 1. The molecule has 0 saturated heterocycles. The van der Waals surface area contributed by atoms with Crippen molar-refractivity contribution in [3.05, 3.63) is 47.5 Å². The van der Waals surface area contributed by atoms with Crippen molar-refractivity contribution in [2.45, 2.75) is 0 Å². The molecule has 24 heavy (non-hydrogen) atoms. The van der Waals surface area contributed by atoms with Crippen LogP contribution in [0.4, 0.5) is 0 Å². The summed E-state index contributed by atoms with van der Waals surface area (Å²) in [5.41, 5.74) is 3.34. The molecule has 0 saturated carbocycles. The molecule has 7 heteroatoms. The summed E-state index contributed by atoms with van der Waals surface area (Å²) in [4.78, 5) is 12.0. The fourth-order valence-electron chi connectivity index (χ4n) is 1.99. The van der Waals surface area contributed by atoms with Crippen molar-refractivity contribution in [2.75, 3.05) is 21.3 Å². The molecule has 0 aliphatic carbocycles. The normalized spacial score (nSPS) is 10.5. The number of carbonyl (C=O) groups excluding carboxylic acids is 1. The minimum Gasteiger partial charge on any atom is -0.508 e. The molecule has 2 rings (SSSR count). The largest absolute Gasteiger partial charge is 0.508 e. The quantitative estimate of drug-likeness (QED) is 0.626. The van der Waals surface area contributed by atoms with Crippen LogP contribution < -0.4 is 19.6 Å². The van der Waals surface area contributed by atoms with Crippen LogP contribution in [-0.4, -0.2) is 38.6 Å². The molecule has 0 heterocycles. The number of amides is 1. The van der Waals surface area contributed by atoms with Gasteiger partial charge in [-0.05, 0) is 24.3 Å². The highest BCUT2D eigenvalue weighted by Gasteiger charge is 2.12. The zero-order valence-electron chi connectivity index (χ0n) is 13.6. The highest BCUT2D eigenvalue weighted by molar-refractivity contribution is 5.95. The summed E-state index contributed by atoms with van der Waals surface area (Å²) in [5, 5.41) is 13.1. The molecule has 0 aromatic heterocycles. The average molecular weight is 330 g/mol. The lowest BCUT2D eigenvalue weighted by Crippen LogP contribution is -2.17. The molecular formula is C17H18N2O5. The first kappa shape index (κ1) is 17.1. The molecule has 2 N–H and O–H groups in total. The number of aromatic hydroxyl groups is 1. The highest BCUT2D eigenvalue weighted by atomic mass is 16.5. The van der Waals surface area contributed by atoms with Gasteiger partial charge >= 0.3 is 0 Å². The van der Waals surface area contributed by atoms with E-state index in [-0.39, 0.29) is 5.75 Å². The first-order valence-electron chi connectivity index (χ1n) is 7.01. The van der Waals surface area contributed by atoms with Crippen LogP contribution in [0.25, 0.3) is 0 Å². The molecule has 0 unspecified atom stereocenters. The van der Waals surface area contributed by atoms with Gasteiger partial charge in [0.25, 0.3) is 5.91 Å². The Labute approximate surface area is 139 Å². The van der Waals surface area contributed by atoms with Gasteiger partial charge in [0.15, 0.2) is 0 Å². The number of hydrogen-bond acceptors (Lipinski definition) is 6. The van der Waals surface area contributed by atoms with Crippen LogP contribution in [0.5, 0.6) is 23.0 Å². The van der Waals surface area contributed by atoms with E-state index in [1.54, 1.807) is 19.2 Å². The lowest BCUT2D eigenvalue weighted by Gasteiger charge is -2.12. The molecule has 0 atom stereocenters. The van der Waals surface area contributed by atoms with Crippen LogP contribution in [0, 0.1) is 0 Å². The molecule has 2 aromatic rings. The van der Waals surface area contributed by atoms with Gasteiger partial charge < -0.3 is 19.3 Å². The van der Waals surface area contributed by atoms with E-state index in [4.69, 9.17) is 14.2 Å². The highest BCUT2D eigenvalue weighted by Crippen LogP contribution is 2.32. The smallest absolute Gasteiger partial charge is 0.271 e. The molecule has 126 valence electrons. The van der Waals surface area contributed by atoms with Crippen LogP contribution in [-0.2, 0) is 0 Å². The minimum atomic E-state index is -0.405. The standard InChI is InChI=1S/C17H18N2O5/c1-22-13-8-15(23-2)14(16(9-13)24-3)10-18-19-17(21)11-4-6-12(20)7-5-11/h4-10,20H,1-3H3,(H,19,21). The number of phenolic OH excluding ortho intramolecular Hbond substituents is 1. The van der Waals surface area contributed by atoms with Gasteiger partial charge in [-0.3, -0.25) is 4.79 Å². The lowest BCUT2D eigenvalue weighted by atomic mass is 10.2. The Bertz CT molecular complexity index is 716. The van der Waals surface area contributed by atoms with Crippen LogP contribution in [0.3, 0.4) is 0 Å². The number of benzene rings is 2. The molecule has 0 radical (unpaired) electrons. The molecule has 0 bridgehead atoms. The molecule has 0 fully saturated rings. The lowest BCUT2D eigenvalue weighted by molar-refractivity contribution is 0.0955. The zero-order valence-corrected chi connectivity index (χ0v) is 13.6. The second kappa shape index (κ2) is 7.87. The number of hydrazone groups is 1. The monoisotopic (exact) mass is 330 g/mol. The molecule has 7 nitrogen and oxygen atoms in total. The predicted molar refractivity (Wildman–Crippen MR) is 89.3 cm³/mol. The second-order valence-corrected chi connectivity index (χ2v) is 4.69. The Morgan fingerprint density at radius 1 is 1.04 bits per heavy atom. The van der Waals surface area contributed by atoms with E-state index >= 15 is 0 Å². The maximum Gasteiger partial charge on any atom is 0.271 e. The molecule has 1 amide bonds. The molecule has 0 aliphatic rings. The van der Waals surface area contributed by atoms with E-state index in [0.717, 1.165) is 0 Å². The van der Waals surface area contributed by atoms with Gasteiger partial charge in [-0.2, -0.15) is 5.10 Å². The number of nitrogens with zero attached hydrogens (tertiary/aromatic N) is 1. The van der Waals surface area contributed by atoms with E-state index in [1.807, 2.05) is 0 Å². The third kappa shape index (κ3) is 3.95. The second-order valence-electron chi connectivity index (χ2n) is 4.69. The van der Waals surface area contributed by atoms with E-state index in [2.05, 4.69) is 10.5 Å². The SMILES string of the molecule is COc1cc(OC)c(C=NNC(=O)c2ccc(O)cc2)c(OC)c1. The van der Waals surface area contributed by atoms with Crippen LogP contribution >= 0.6 is 0 Å². The van der Waals surface area contributed by atoms with Gasteiger partial charge in [-0.25, -0.2) is 5.43 Å². The zero-order chi connectivity index (χ0) is 17.5. The summed E-state index contributed by atoms with van der Waals surface area (Å²) in [6.45, 7) is 0. The third-order valence-corrected chi connectivity index (χ3v) is 3.24. The average Bonchev–Trinajstić information content (AvgIpc) is 2.61. The van der Waals surface area contributed by atoms with Gasteiger partial charge in [-0.15, -0.1) is 0 Å². The maximum absolute atomic E-state index is 12.0. The molecule has 2 aromatic carbocycles. The van der Waals surface area contributed by atoms with Gasteiger partial charge in [0, 0.05) is 17.7 Å². The van der Waals surface area contributed by atoms with Gasteiger partial charge in [0.05, 0.1) is 33.1 Å². The van der Waals surface area contributed by atoms with E-state index in [1.165, 1.54) is 44.7 Å². The third-order valence-electron chi connectivity index (χ3n) is 3.24. The summed E-state index contributed by atoms with van der Waals surface area (Å²) in [7, 11) is 4.57. The van der Waals surface area contributed by atoms with Gasteiger partial charge in [0.1, 0.15) is 23.0 Å². The number of rotatable bonds is 6. The molecule has 0 aliphatic heterocycles. The van der Waals surface area contributed by atoms with Gasteiger partial charge in [0.2, 0.25) is 0 Å². The summed E-state index contributed by atoms with van der Waals surface area (Å²) < 4.78 is 15.8. The summed E-state index contributed by atoms with van der Waals surface area (Å²) in [6, 6.07) is 9.21. The Balaban J connectivity index is 2.19. The number of phenols is 1. The number of ether oxygens (including phenoxy) is 3. The topological polar surface area (TPSA) is 89.4 Å². The summed E-state index contributed by atoms with van der Waals surface area (Å²) >= 11 is 0. The van der Waals surface area contributed by atoms with E-state index in [9.17, 15) is 9.90 Å². The van der Waals surface area contributed by atoms with E-state index < -0.39 is 5.91 Å². The van der Waals surface area contributed by atoms with E-state index in [0.29, 0.717) is 28.4 Å². The van der Waals surface area contributed by atoms with Crippen LogP contribution in [0.1, 0.15) is 15.9 Å². The molecule has 0 spiro atoms. The van der Waals surface area contributed by atoms with Crippen molar-refractivity contribution in [1.82, 2.24) is 5.43 Å². The number of hydrogen-bond donors (Lipinski definition) is 2. The fraction of sp³-hybridized carbons (Fsp3) is 0.176. The Morgan fingerprint density at radius 2 is 1.62 bits per heavy atom. The number of methoxy groups -OCH3 is 3. The Hall–Kier alpha value is -3.22. The van der Waals surface area contributed by atoms with Crippen LogP contribution in [0.15, 0.2) is 41.5 Å². The number of nitrogens with one attached hydrogen (secondary N) is 1. The maximum atomic E-state index is 12.0. The minimum absolute atomic E-state index is 0.0859. The predicted octanol–water partition coefficient (Wildman–Crippen LogP) is 2.18. The van der Waals surface area contributed by atoms with Crippen molar-refractivity contribution >= 4 is 12.1 Å². The van der Waals surface area contributed by atoms with Crippen molar-refractivity contribution in [2.24, 2.45) is 5.10 Å². The van der Waals surface area contributed by atoms with Crippen molar-refractivity contribution in [3.63, 3.8) is 0 Å². The van der Waals surface area contributed by atoms with Crippen molar-refractivity contribution in [1.29, 1.82) is 0 Å². The molecular weight excluding hydrogens is 312 g/mol. The van der Waals surface area contributed by atoms with Crippen molar-refractivity contribution < 1.29 is 24.1 Å². The van der Waals surface area contributed by atoms with Crippen LogP contribution in [0.2, 0.25) is 0 Å². The summed E-state index contributed by atoms with van der Waals surface area (Å²) in [6.07, 6.45) is 1.43.